The van der Waals surface area contributed by atoms with Crippen LogP contribution in [0, 0.1) is 23.2 Å². The molecule has 2 saturated carbocycles. The van der Waals surface area contributed by atoms with Gasteiger partial charge in [0.05, 0.1) is 5.41 Å². The van der Waals surface area contributed by atoms with Crippen molar-refractivity contribution < 1.29 is 29.4 Å². The molecule has 0 radical (unpaired) electrons. The van der Waals surface area contributed by atoms with E-state index in [1.54, 1.807) is 6.07 Å². The van der Waals surface area contributed by atoms with Gasteiger partial charge in [-0.1, -0.05) is 38.8 Å². The van der Waals surface area contributed by atoms with Gasteiger partial charge < -0.3 is 15.5 Å². The normalized spacial score (nSPS) is 29.7. The second-order valence-corrected chi connectivity index (χ2v) is 14.8. The van der Waals surface area contributed by atoms with E-state index < -0.39 is 11.4 Å². The number of fused-ring (bicyclic) bond motifs is 6. The van der Waals surface area contributed by atoms with Crippen molar-refractivity contribution in [3.05, 3.63) is 58.7 Å². The summed E-state index contributed by atoms with van der Waals surface area (Å²) in [5, 5.41) is 25.0. The quantitative estimate of drug-likeness (QED) is 0.188. The molecule has 0 aliphatic heterocycles. The van der Waals surface area contributed by atoms with Crippen molar-refractivity contribution in [3.8, 4) is 5.75 Å². The fraction of sp³-hybridized carbons (Fsp3) is 0.579. The summed E-state index contributed by atoms with van der Waals surface area (Å²) >= 11 is 0. The van der Waals surface area contributed by atoms with Crippen LogP contribution < -0.4 is 10.6 Å². The van der Waals surface area contributed by atoms with Gasteiger partial charge in [-0.05, 0) is 134 Å². The molecule has 6 unspecified atom stereocenters. The molecule has 8 nitrogen and oxygen atoms in total. The van der Waals surface area contributed by atoms with E-state index in [4.69, 9.17) is 5.11 Å². The molecule has 6 atom stereocenters. The molecule has 46 heavy (non-hydrogen) atoms. The van der Waals surface area contributed by atoms with Gasteiger partial charge in [0.1, 0.15) is 5.75 Å². The molecule has 246 valence electrons. The predicted molar refractivity (Wildman–Crippen MR) is 175 cm³/mol. The van der Waals surface area contributed by atoms with Crippen LogP contribution in [0.3, 0.4) is 0 Å². The molecule has 4 N–H and O–H groups in total. The Balaban J connectivity index is 1.15. The molecule has 4 aliphatic rings. The maximum Gasteiger partial charge on any atom is 0.303 e. The van der Waals surface area contributed by atoms with Crippen LogP contribution in [-0.4, -0.2) is 33.9 Å². The number of aliphatic carboxylic acids is 1. The lowest BCUT2D eigenvalue weighted by Gasteiger charge is -2.50. The number of rotatable bonds is 8. The number of carbonyl (C=O) groups is 4. The molecule has 2 aromatic carbocycles. The van der Waals surface area contributed by atoms with Gasteiger partial charge in [-0.2, -0.15) is 0 Å². The number of hydrogen-bond donors (Lipinski definition) is 4. The molecule has 0 heterocycles. The number of phenolic OH excluding ortho intramolecular Hbond substituents is 1. The van der Waals surface area contributed by atoms with Crippen LogP contribution in [0.5, 0.6) is 5.75 Å². The number of phenols is 1. The fourth-order valence-corrected chi connectivity index (χ4v) is 9.70. The van der Waals surface area contributed by atoms with Gasteiger partial charge in [0.2, 0.25) is 17.7 Å². The molecular formula is C38H48N2O6. The largest absolute Gasteiger partial charge is 0.508 e. The molecular weight excluding hydrogens is 580 g/mol. The monoisotopic (exact) mass is 628 g/mol. The minimum atomic E-state index is -0.851. The predicted octanol–water partition coefficient (Wildman–Crippen LogP) is 6.78. The number of hydrogen-bond acceptors (Lipinski definition) is 5. The lowest BCUT2D eigenvalue weighted by molar-refractivity contribution is -0.144. The van der Waals surface area contributed by atoms with Gasteiger partial charge in [-0.25, -0.2) is 0 Å². The van der Waals surface area contributed by atoms with Gasteiger partial charge in [0.15, 0.2) is 0 Å². The fourth-order valence-electron chi connectivity index (χ4n) is 9.70. The second kappa shape index (κ2) is 12.8. The highest BCUT2D eigenvalue weighted by Gasteiger charge is 2.52. The summed E-state index contributed by atoms with van der Waals surface area (Å²) in [6.45, 7) is 4.29. The first-order valence-electron chi connectivity index (χ1n) is 17.3. The van der Waals surface area contributed by atoms with E-state index in [2.05, 4.69) is 29.7 Å². The number of amides is 3. The standard InChI is InChI=1S/C38H48N2O6/c1-37-19-6-8-28(31(37)18-14-24-11-15-25(21-32(24)37)39-33(42)9-3-4-10-34(43)44)35(45)40-36(46)38(2)20-5-7-27-29-22-26(41)16-12-23(29)13-17-30(27)38/h11-12,15-16,21-22,27-28,30-31,41H,3-10,13-14,17-20H2,1-2H3,(H,39,42)(H,43,44)(H,40,45,46). The first-order valence-corrected chi connectivity index (χ1v) is 17.3. The Morgan fingerprint density at radius 1 is 0.848 bits per heavy atom. The Hall–Kier alpha value is -3.68. The summed E-state index contributed by atoms with van der Waals surface area (Å²) < 4.78 is 0. The van der Waals surface area contributed by atoms with Crippen molar-refractivity contribution in [2.24, 2.45) is 23.2 Å². The van der Waals surface area contributed by atoms with Crippen molar-refractivity contribution in [2.45, 2.75) is 115 Å². The average molecular weight is 629 g/mol. The Bertz CT molecular complexity index is 1540. The van der Waals surface area contributed by atoms with E-state index in [0.29, 0.717) is 12.8 Å². The third-order valence-electron chi connectivity index (χ3n) is 12.2. The molecule has 2 aromatic rings. The Morgan fingerprint density at radius 3 is 2.37 bits per heavy atom. The third kappa shape index (κ3) is 6.07. The van der Waals surface area contributed by atoms with E-state index in [1.165, 1.54) is 22.3 Å². The Morgan fingerprint density at radius 2 is 1.57 bits per heavy atom. The summed E-state index contributed by atoms with van der Waals surface area (Å²) in [7, 11) is 0. The first kappa shape index (κ1) is 32.3. The molecule has 0 spiro atoms. The van der Waals surface area contributed by atoms with Crippen LogP contribution in [0.4, 0.5) is 5.69 Å². The van der Waals surface area contributed by atoms with E-state index >= 15 is 0 Å². The lowest BCUT2D eigenvalue weighted by Crippen LogP contribution is -2.54. The lowest BCUT2D eigenvalue weighted by atomic mass is 9.54. The van der Waals surface area contributed by atoms with E-state index in [0.717, 1.165) is 69.9 Å². The van der Waals surface area contributed by atoms with Crippen molar-refractivity contribution >= 4 is 29.4 Å². The number of imide groups is 1. The molecule has 0 bridgehead atoms. The molecule has 3 amide bonds. The van der Waals surface area contributed by atoms with Crippen molar-refractivity contribution in [2.75, 3.05) is 5.32 Å². The number of aromatic hydroxyl groups is 1. The number of unbranched alkanes of at least 4 members (excludes halogenated alkanes) is 1. The highest BCUT2D eigenvalue weighted by Crippen LogP contribution is 2.55. The zero-order valence-electron chi connectivity index (χ0n) is 27.2. The zero-order chi connectivity index (χ0) is 32.6. The highest BCUT2D eigenvalue weighted by molar-refractivity contribution is 5.99. The smallest absolute Gasteiger partial charge is 0.303 e. The number of carboxylic acid groups (broad SMARTS) is 1. The number of nitrogens with one attached hydrogen (secondary N) is 2. The molecule has 6 rings (SSSR count). The Labute approximate surface area is 271 Å². The van der Waals surface area contributed by atoms with Crippen LogP contribution in [0.2, 0.25) is 0 Å². The SMILES string of the molecule is CC1(C(=O)NC(=O)C2CCCC3(C)c4cc(NC(=O)CCCCC(=O)O)ccc4CCC23)CCCC2c3cc(O)ccc3CCC21. The highest BCUT2D eigenvalue weighted by atomic mass is 16.4. The van der Waals surface area contributed by atoms with E-state index in [1.807, 2.05) is 25.1 Å². The van der Waals surface area contributed by atoms with Crippen molar-refractivity contribution in [1.82, 2.24) is 5.32 Å². The maximum atomic E-state index is 14.1. The van der Waals surface area contributed by atoms with Gasteiger partial charge in [0, 0.05) is 24.4 Å². The van der Waals surface area contributed by atoms with Crippen LogP contribution in [0.1, 0.15) is 119 Å². The number of aryl methyl sites for hydroxylation is 2. The van der Waals surface area contributed by atoms with Gasteiger partial charge >= 0.3 is 5.97 Å². The summed E-state index contributed by atoms with van der Waals surface area (Å²) in [6.07, 6.45) is 10.1. The van der Waals surface area contributed by atoms with Crippen LogP contribution in [0.15, 0.2) is 36.4 Å². The molecule has 8 heteroatoms. The minimum absolute atomic E-state index is 0.0620. The third-order valence-corrected chi connectivity index (χ3v) is 12.2. The summed E-state index contributed by atoms with van der Waals surface area (Å²) in [5.41, 5.74) is 4.71. The molecule has 0 saturated heterocycles. The summed E-state index contributed by atoms with van der Waals surface area (Å²) in [5.74, 6) is -0.816. The average Bonchev–Trinajstić information content (AvgIpc) is 3.02. The zero-order valence-corrected chi connectivity index (χ0v) is 27.2. The van der Waals surface area contributed by atoms with Gasteiger partial charge in [-0.15, -0.1) is 0 Å². The van der Waals surface area contributed by atoms with Crippen LogP contribution in [0.25, 0.3) is 0 Å². The second-order valence-electron chi connectivity index (χ2n) is 14.8. The Kier molecular flexibility index (Phi) is 9.01. The molecule has 2 fully saturated rings. The molecule has 4 aliphatic carbocycles. The van der Waals surface area contributed by atoms with Crippen molar-refractivity contribution in [3.63, 3.8) is 0 Å². The van der Waals surface area contributed by atoms with Crippen LogP contribution >= 0.6 is 0 Å². The maximum absolute atomic E-state index is 14.1. The topological polar surface area (TPSA) is 133 Å². The first-order chi connectivity index (χ1) is 22.0. The van der Waals surface area contributed by atoms with E-state index in [-0.39, 0.29) is 65.4 Å². The molecule has 0 aromatic heterocycles. The van der Waals surface area contributed by atoms with Crippen LogP contribution in [-0.2, 0) is 37.4 Å². The van der Waals surface area contributed by atoms with Gasteiger partial charge in [0.25, 0.3) is 0 Å². The number of benzene rings is 2. The minimum Gasteiger partial charge on any atom is -0.508 e. The van der Waals surface area contributed by atoms with Crippen molar-refractivity contribution in [1.29, 1.82) is 0 Å². The summed E-state index contributed by atoms with van der Waals surface area (Å²) in [6, 6.07) is 11.7. The number of carboxylic acids is 1. The number of carbonyl (C=O) groups excluding carboxylic acids is 3. The number of anilines is 1. The van der Waals surface area contributed by atoms with E-state index in [9.17, 15) is 24.3 Å². The van der Waals surface area contributed by atoms with Gasteiger partial charge in [-0.3, -0.25) is 24.5 Å². The summed E-state index contributed by atoms with van der Waals surface area (Å²) in [4.78, 5) is 51.5.